The molecule has 0 aliphatic rings. The largest absolute Gasteiger partial charge is 0.478 e. The number of benzene rings is 1. The minimum Gasteiger partial charge on any atom is -0.478 e. The van der Waals surface area contributed by atoms with E-state index in [1.54, 1.807) is 13.0 Å². The molecule has 0 saturated carbocycles. The average molecular weight is 288 g/mol. The second-order valence-corrected chi connectivity index (χ2v) is 4.42. The minimum absolute atomic E-state index is 0.00723. The van der Waals surface area contributed by atoms with E-state index in [1.165, 1.54) is 31.2 Å². The number of nitrogens with zero attached hydrogens (tertiary/aromatic N) is 2. The Morgan fingerprint density at radius 3 is 2.57 bits per heavy atom. The summed E-state index contributed by atoms with van der Waals surface area (Å²) in [6, 6.07) is 7.32. The van der Waals surface area contributed by atoms with Gasteiger partial charge in [0, 0.05) is 12.1 Å². The lowest BCUT2D eigenvalue weighted by molar-refractivity contribution is -0.385. The number of aryl methyl sites for hydroxylation is 2. The van der Waals surface area contributed by atoms with Gasteiger partial charge in [0.2, 0.25) is 5.88 Å². The third-order valence-corrected chi connectivity index (χ3v) is 2.81. The molecule has 0 atom stereocenters. The second-order valence-electron chi connectivity index (χ2n) is 4.42. The highest BCUT2D eigenvalue weighted by Crippen LogP contribution is 2.27. The molecule has 0 bridgehead atoms. The molecule has 7 nitrogen and oxygen atoms in total. The first kappa shape index (κ1) is 14.4. The molecule has 21 heavy (non-hydrogen) atoms. The van der Waals surface area contributed by atoms with Crippen molar-refractivity contribution in [2.75, 3.05) is 0 Å². The molecule has 7 heteroatoms. The fourth-order valence-corrected chi connectivity index (χ4v) is 1.79. The highest BCUT2D eigenvalue weighted by Gasteiger charge is 2.16. The Morgan fingerprint density at radius 1 is 1.29 bits per heavy atom. The summed E-state index contributed by atoms with van der Waals surface area (Å²) in [4.78, 5) is 25.3. The first-order valence-electron chi connectivity index (χ1n) is 6.02. The summed E-state index contributed by atoms with van der Waals surface area (Å²) < 4.78 is 5.43. The van der Waals surface area contributed by atoms with Crippen molar-refractivity contribution < 1.29 is 19.6 Å². The van der Waals surface area contributed by atoms with E-state index >= 15 is 0 Å². The number of hydrogen-bond acceptors (Lipinski definition) is 5. The van der Waals surface area contributed by atoms with Gasteiger partial charge in [0.15, 0.2) is 0 Å². The molecular weight excluding hydrogens is 276 g/mol. The molecule has 0 amide bonds. The monoisotopic (exact) mass is 288 g/mol. The van der Waals surface area contributed by atoms with Crippen molar-refractivity contribution in [1.29, 1.82) is 0 Å². The van der Waals surface area contributed by atoms with Crippen LogP contribution < -0.4 is 4.74 Å². The molecule has 2 aromatic rings. The van der Waals surface area contributed by atoms with E-state index in [1.807, 2.05) is 0 Å². The zero-order chi connectivity index (χ0) is 15.6. The zero-order valence-corrected chi connectivity index (χ0v) is 11.4. The molecule has 1 aromatic carbocycles. The number of carboxylic acids is 1. The van der Waals surface area contributed by atoms with Crippen LogP contribution in [0, 0.1) is 24.0 Å². The predicted molar refractivity (Wildman–Crippen MR) is 73.8 cm³/mol. The van der Waals surface area contributed by atoms with E-state index in [-0.39, 0.29) is 28.6 Å². The van der Waals surface area contributed by atoms with E-state index in [2.05, 4.69) is 4.98 Å². The van der Waals surface area contributed by atoms with Crippen molar-refractivity contribution in [3.63, 3.8) is 0 Å². The predicted octanol–water partition coefficient (Wildman–Crippen LogP) is 3.10. The van der Waals surface area contributed by atoms with Crippen LogP contribution in [0.2, 0.25) is 0 Å². The van der Waals surface area contributed by atoms with Gasteiger partial charge in [-0.2, -0.15) is 0 Å². The van der Waals surface area contributed by atoms with Crippen molar-refractivity contribution >= 4 is 11.7 Å². The topological polar surface area (TPSA) is 103 Å². The van der Waals surface area contributed by atoms with Crippen molar-refractivity contribution in [2.24, 2.45) is 0 Å². The normalized spacial score (nSPS) is 10.2. The molecule has 1 heterocycles. The summed E-state index contributed by atoms with van der Waals surface area (Å²) in [5.74, 6) is -0.884. The highest BCUT2D eigenvalue weighted by atomic mass is 16.6. The Labute approximate surface area is 120 Å². The van der Waals surface area contributed by atoms with Gasteiger partial charge in [-0.15, -0.1) is 0 Å². The van der Waals surface area contributed by atoms with Crippen LogP contribution >= 0.6 is 0 Å². The van der Waals surface area contributed by atoms with Crippen LogP contribution in [0.3, 0.4) is 0 Å². The van der Waals surface area contributed by atoms with Gasteiger partial charge in [0.25, 0.3) is 5.69 Å². The SMILES string of the molecule is Cc1ccc(Oc2ccc([N+](=O)[O-])c(C)n2)c(C(=O)O)c1. The number of ether oxygens (including phenoxy) is 1. The van der Waals surface area contributed by atoms with E-state index in [9.17, 15) is 14.9 Å². The highest BCUT2D eigenvalue weighted by molar-refractivity contribution is 5.91. The Morgan fingerprint density at radius 2 is 2.00 bits per heavy atom. The maximum atomic E-state index is 11.2. The maximum absolute atomic E-state index is 11.2. The van der Waals surface area contributed by atoms with Gasteiger partial charge in [-0.05, 0) is 26.0 Å². The third kappa shape index (κ3) is 3.14. The second kappa shape index (κ2) is 5.58. The quantitative estimate of drug-likeness (QED) is 0.685. The molecule has 1 aromatic heterocycles. The smallest absolute Gasteiger partial charge is 0.339 e. The van der Waals surface area contributed by atoms with Crippen molar-refractivity contribution in [3.05, 3.63) is 57.3 Å². The van der Waals surface area contributed by atoms with Gasteiger partial charge in [-0.1, -0.05) is 11.6 Å². The molecule has 0 aliphatic heterocycles. The molecule has 0 radical (unpaired) electrons. The molecule has 108 valence electrons. The number of rotatable bonds is 4. The van der Waals surface area contributed by atoms with Crippen LogP contribution in [0.25, 0.3) is 0 Å². The summed E-state index contributed by atoms with van der Waals surface area (Å²) in [6.07, 6.45) is 0. The van der Waals surface area contributed by atoms with E-state index in [0.29, 0.717) is 0 Å². The van der Waals surface area contributed by atoms with Crippen LogP contribution in [0.4, 0.5) is 5.69 Å². The number of carbonyl (C=O) groups is 1. The van der Waals surface area contributed by atoms with Gasteiger partial charge in [-0.25, -0.2) is 9.78 Å². The number of aromatic carboxylic acids is 1. The van der Waals surface area contributed by atoms with Gasteiger partial charge in [0.05, 0.1) is 4.92 Å². The lowest BCUT2D eigenvalue weighted by atomic mass is 10.1. The summed E-state index contributed by atoms with van der Waals surface area (Å²) in [5.41, 5.74) is 0.867. The molecule has 1 N–H and O–H groups in total. The van der Waals surface area contributed by atoms with Gasteiger partial charge in [0.1, 0.15) is 17.0 Å². The van der Waals surface area contributed by atoms with E-state index in [4.69, 9.17) is 9.84 Å². The Hall–Kier alpha value is -2.96. The Bertz CT molecular complexity index is 727. The van der Waals surface area contributed by atoms with Crippen molar-refractivity contribution in [1.82, 2.24) is 4.98 Å². The van der Waals surface area contributed by atoms with Crippen LogP contribution in [0.15, 0.2) is 30.3 Å². The fourth-order valence-electron chi connectivity index (χ4n) is 1.79. The van der Waals surface area contributed by atoms with Crippen molar-refractivity contribution in [2.45, 2.75) is 13.8 Å². The van der Waals surface area contributed by atoms with Crippen LogP contribution in [0.5, 0.6) is 11.6 Å². The van der Waals surface area contributed by atoms with E-state index < -0.39 is 10.9 Å². The van der Waals surface area contributed by atoms with Crippen LogP contribution in [-0.2, 0) is 0 Å². The molecular formula is C14H12N2O5. The number of carboxylic acid groups (broad SMARTS) is 1. The third-order valence-electron chi connectivity index (χ3n) is 2.81. The van der Waals surface area contributed by atoms with Crippen LogP contribution in [0.1, 0.15) is 21.6 Å². The molecule has 0 unspecified atom stereocenters. The summed E-state index contributed by atoms with van der Waals surface area (Å²) >= 11 is 0. The lowest BCUT2D eigenvalue weighted by Crippen LogP contribution is -2.02. The van der Waals surface area contributed by atoms with Gasteiger partial charge < -0.3 is 9.84 Å². The maximum Gasteiger partial charge on any atom is 0.339 e. The zero-order valence-electron chi connectivity index (χ0n) is 11.4. The van der Waals surface area contributed by atoms with Crippen molar-refractivity contribution in [3.8, 4) is 11.6 Å². The summed E-state index contributed by atoms with van der Waals surface area (Å²) in [6.45, 7) is 3.25. The molecule has 0 saturated heterocycles. The van der Waals surface area contributed by atoms with Crippen LogP contribution in [-0.4, -0.2) is 21.0 Å². The van der Waals surface area contributed by atoms with Gasteiger partial charge >= 0.3 is 5.97 Å². The molecule has 0 spiro atoms. The first-order valence-corrected chi connectivity index (χ1v) is 6.02. The average Bonchev–Trinajstić information content (AvgIpc) is 2.40. The first-order chi connectivity index (χ1) is 9.88. The summed E-state index contributed by atoms with van der Waals surface area (Å²) in [7, 11) is 0. The fraction of sp³-hybridized carbons (Fsp3) is 0.143. The number of pyridine rings is 1. The van der Waals surface area contributed by atoms with E-state index in [0.717, 1.165) is 5.56 Å². The molecule has 0 fully saturated rings. The summed E-state index contributed by atoms with van der Waals surface area (Å²) in [5, 5.41) is 19.9. The van der Waals surface area contributed by atoms with Gasteiger partial charge in [-0.3, -0.25) is 10.1 Å². The number of aromatic nitrogens is 1. The number of hydrogen-bond donors (Lipinski definition) is 1. The molecule has 2 rings (SSSR count). The minimum atomic E-state index is -1.12. The Kier molecular flexibility index (Phi) is 3.84. The standard InChI is InChI=1S/C14H12N2O5/c1-8-3-5-12(10(7-8)14(17)18)21-13-6-4-11(16(19)20)9(2)15-13/h3-7H,1-2H3,(H,17,18). The number of nitro groups is 1. The molecule has 0 aliphatic carbocycles. The Balaban J connectivity index is 2.37. The lowest BCUT2D eigenvalue weighted by Gasteiger charge is -2.09.